The molecule has 0 atom stereocenters. The van der Waals surface area contributed by atoms with E-state index in [9.17, 15) is 8.42 Å². The predicted molar refractivity (Wildman–Crippen MR) is 62.9 cm³/mol. The second-order valence-electron chi connectivity index (χ2n) is 3.34. The van der Waals surface area contributed by atoms with Gasteiger partial charge in [0.15, 0.2) is 5.03 Å². The Bertz CT molecular complexity index is 585. The van der Waals surface area contributed by atoms with Crippen molar-refractivity contribution < 1.29 is 8.42 Å². The van der Waals surface area contributed by atoms with E-state index in [4.69, 9.17) is 5.26 Å². The Hall–Kier alpha value is -1.74. The first kappa shape index (κ1) is 13.3. The number of nitrogens with zero attached hydrogens (tertiary/aromatic N) is 3. The summed E-state index contributed by atoms with van der Waals surface area (Å²) in [5.41, 5.74) is 1.39. The van der Waals surface area contributed by atoms with Crippen molar-refractivity contribution >= 4 is 9.84 Å². The summed E-state index contributed by atoms with van der Waals surface area (Å²) < 4.78 is 23.4. The lowest BCUT2D eigenvalue weighted by atomic mass is 10.1. The zero-order valence-electron chi connectivity index (χ0n) is 9.77. The summed E-state index contributed by atoms with van der Waals surface area (Å²) in [6.07, 6.45) is 1.15. The van der Waals surface area contributed by atoms with Gasteiger partial charge in [-0.15, -0.1) is 5.10 Å². The number of sulfone groups is 1. The van der Waals surface area contributed by atoms with Gasteiger partial charge in [0.25, 0.3) is 0 Å². The largest absolute Gasteiger partial charge is 0.219 e. The summed E-state index contributed by atoms with van der Waals surface area (Å²) in [4.78, 5) is 0. The van der Waals surface area contributed by atoms with E-state index in [1.807, 2.05) is 19.9 Å². The number of hydrogen-bond acceptors (Lipinski definition) is 5. The molecule has 0 aliphatic carbocycles. The van der Waals surface area contributed by atoms with Crippen LogP contribution in [0.15, 0.2) is 17.0 Å². The van der Waals surface area contributed by atoms with Crippen LogP contribution in [0.25, 0.3) is 0 Å². The van der Waals surface area contributed by atoms with Crippen LogP contribution in [0, 0.1) is 11.3 Å². The van der Waals surface area contributed by atoms with Crippen molar-refractivity contribution in [3.63, 3.8) is 0 Å². The highest BCUT2D eigenvalue weighted by Crippen LogP contribution is 2.20. The Labute approximate surface area is 101 Å². The summed E-state index contributed by atoms with van der Waals surface area (Å²) in [6, 6.07) is 1.90. The fourth-order valence-electron chi connectivity index (χ4n) is 1.55. The van der Waals surface area contributed by atoms with Crippen molar-refractivity contribution in [3.8, 4) is 6.07 Å². The summed E-state index contributed by atoms with van der Waals surface area (Å²) >= 11 is 0. The predicted octanol–water partition coefficient (Wildman–Crippen LogP) is 1.39. The minimum Gasteiger partial charge on any atom is -0.217 e. The molecule has 0 bridgehead atoms. The lowest BCUT2D eigenvalue weighted by molar-refractivity contribution is 0.597. The Balaban J connectivity index is 3.68. The normalized spacial score (nSPS) is 10.9. The molecule has 1 heterocycles. The Morgan fingerprint density at radius 1 is 1.35 bits per heavy atom. The first-order chi connectivity index (χ1) is 8.01. The lowest BCUT2D eigenvalue weighted by Crippen LogP contribution is -2.11. The Morgan fingerprint density at radius 3 is 2.41 bits per heavy atom. The summed E-state index contributed by atoms with van der Waals surface area (Å²) in [5, 5.41) is 17.1. The van der Waals surface area contributed by atoms with E-state index in [2.05, 4.69) is 16.8 Å². The Kier molecular flexibility index (Phi) is 3.97. The molecule has 0 amide bonds. The summed E-state index contributed by atoms with van der Waals surface area (Å²) in [7, 11) is -3.73. The van der Waals surface area contributed by atoms with Crippen LogP contribution < -0.4 is 0 Å². The van der Waals surface area contributed by atoms with Gasteiger partial charge in [-0.05, 0) is 18.4 Å². The van der Waals surface area contributed by atoms with Crippen molar-refractivity contribution in [1.82, 2.24) is 10.2 Å². The zero-order chi connectivity index (χ0) is 13.1. The lowest BCUT2D eigenvalue weighted by Gasteiger charge is -2.08. The van der Waals surface area contributed by atoms with E-state index in [1.54, 1.807) is 0 Å². The quantitative estimate of drug-likeness (QED) is 0.807. The molecule has 0 spiro atoms. The van der Waals surface area contributed by atoms with Crippen molar-refractivity contribution in [2.24, 2.45) is 0 Å². The van der Waals surface area contributed by atoms with Crippen LogP contribution in [0.2, 0.25) is 0 Å². The number of rotatable bonds is 4. The Morgan fingerprint density at radius 2 is 2.00 bits per heavy atom. The monoisotopic (exact) mass is 251 g/mol. The van der Waals surface area contributed by atoms with Gasteiger partial charge in [-0.3, -0.25) is 0 Å². The highest BCUT2D eigenvalue weighted by molar-refractivity contribution is 7.94. The minimum absolute atomic E-state index is 0.0826. The minimum atomic E-state index is -3.73. The second kappa shape index (κ2) is 5.06. The maximum Gasteiger partial charge on any atom is 0.219 e. The van der Waals surface area contributed by atoms with E-state index < -0.39 is 9.84 Å². The highest BCUT2D eigenvalue weighted by Gasteiger charge is 2.22. The molecule has 0 N–H and O–H groups in total. The molecule has 5 nitrogen and oxygen atoms in total. The molecule has 0 saturated carbocycles. The van der Waals surface area contributed by atoms with Crippen molar-refractivity contribution in [3.05, 3.63) is 28.8 Å². The van der Waals surface area contributed by atoms with Crippen molar-refractivity contribution in [2.75, 3.05) is 0 Å². The standard InChI is InChI=1S/C11H13N3O2S/c1-4-8-9(7-12)11(17(15,16)6-3)14-13-10(8)5-2/h6H,3-5H2,1-2H3. The fraction of sp³-hybridized carbons (Fsp3) is 0.364. The van der Waals surface area contributed by atoms with E-state index in [-0.39, 0.29) is 10.6 Å². The average Bonchev–Trinajstić information content (AvgIpc) is 2.36. The molecule has 0 fully saturated rings. The molecular weight excluding hydrogens is 238 g/mol. The van der Waals surface area contributed by atoms with Crippen LogP contribution >= 0.6 is 0 Å². The van der Waals surface area contributed by atoms with E-state index >= 15 is 0 Å². The van der Waals surface area contributed by atoms with Gasteiger partial charge in [0, 0.05) is 5.41 Å². The molecule has 0 aliphatic heterocycles. The molecule has 1 rings (SSSR count). The fourth-order valence-corrected chi connectivity index (χ4v) is 2.31. The van der Waals surface area contributed by atoms with Crippen LogP contribution in [-0.4, -0.2) is 18.6 Å². The highest BCUT2D eigenvalue weighted by atomic mass is 32.2. The first-order valence-electron chi connectivity index (χ1n) is 5.17. The van der Waals surface area contributed by atoms with Crippen LogP contribution in [0.5, 0.6) is 0 Å². The van der Waals surface area contributed by atoms with Gasteiger partial charge < -0.3 is 0 Å². The first-order valence-corrected chi connectivity index (χ1v) is 6.72. The maximum atomic E-state index is 11.7. The van der Waals surface area contributed by atoms with E-state index in [1.165, 1.54) is 0 Å². The van der Waals surface area contributed by atoms with E-state index in [0.717, 1.165) is 5.41 Å². The molecule has 0 radical (unpaired) electrons. The smallest absolute Gasteiger partial charge is 0.217 e. The van der Waals surface area contributed by atoms with Gasteiger partial charge in [0.1, 0.15) is 6.07 Å². The van der Waals surface area contributed by atoms with Crippen molar-refractivity contribution in [1.29, 1.82) is 5.26 Å². The van der Waals surface area contributed by atoms with Gasteiger partial charge >= 0.3 is 0 Å². The molecule has 90 valence electrons. The van der Waals surface area contributed by atoms with Crippen LogP contribution in [0.4, 0.5) is 0 Å². The molecule has 1 aromatic rings. The van der Waals surface area contributed by atoms with Gasteiger partial charge in [0.05, 0.1) is 11.3 Å². The third-order valence-corrected chi connectivity index (χ3v) is 3.68. The van der Waals surface area contributed by atoms with E-state index in [0.29, 0.717) is 24.1 Å². The number of nitriles is 1. The maximum absolute atomic E-state index is 11.7. The molecule has 0 saturated heterocycles. The number of aryl methyl sites for hydroxylation is 1. The SMILES string of the molecule is C=CS(=O)(=O)c1nnc(CC)c(CC)c1C#N. The molecule has 0 unspecified atom stereocenters. The molecule has 17 heavy (non-hydrogen) atoms. The molecule has 6 heteroatoms. The van der Waals surface area contributed by atoms with Gasteiger partial charge in [-0.2, -0.15) is 10.4 Å². The average molecular weight is 251 g/mol. The topological polar surface area (TPSA) is 83.7 Å². The van der Waals surface area contributed by atoms with Crippen LogP contribution in [0.1, 0.15) is 30.7 Å². The molecule has 0 aliphatic rings. The third kappa shape index (κ3) is 2.34. The van der Waals surface area contributed by atoms with Crippen LogP contribution in [-0.2, 0) is 22.7 Å². The van der Waals surface area contributed by atoms with Gasteiger partial charge in [0.2, 0.25) is 9.84 Å². The second-order valence-corrected chi connectivity index (χ2v) is 5.15. The summed E-state index contributed by atoms with van der Waals surface area (Å²) in [6.45, 7) is 6.95. The van der Waals surface area contributed by atoms with Gasteiger partial charge in [-0.1, -0.05) is 20.4 Å². The summed E-state index contributed by atoms with van der Waals surface area (Å²) in [5.74, 6) is 0. The number of aromatic nitrogens is 2. The number of hydrogen-bond donors (Lipinski definition) is 0. The van der Waals surface area contributed by atoms with Crippen molar-refractivity contribution in [2.45, 2.75) is 31.7 Å². The third-order valence-electron chi connectivity index (χ3n) is 2.41. The molecular formula is C11H13N3O2S. The zero-order valence-corrected chi connectivity index (χ0v) is 10.6. The molecule has 0 aromatic carbocycles. The van der Waals surface area contributed by atoms with Crippen LogP contribution in [0.3, 0.4) is 0 Å². The van der Waals surface area contributed by atoms with Gasteiger partial charge in [-0.25, -0.2) is 8.42 Å². The molecule has 1 aromatic heterocycles.